The fourth-order valence-corrected chi connectivity index (χ4v) is 4.66. The number of aromatic nitrogens is 2. The van der Waals surface area contributed by atoms with Crippen LogP contribution in [0.25, 0.3) is 22.5 Å². The van der Waals surface area contributed by atoms with Crippen molar-refractivity contribution in [3.63, 3.8) is 0 Å². The van der Waals surface area contributed by atoms with Gasteiger partial charge in [0.25, 0.3) is 0 Å². The second-order valence-corrected chi connectivity index (χ2v) is 8.70. The minimum atomic E-state index is -0.912. The van der Waals surface area contributed by atoms with Gasteiger partial charge in [0.2, 0.25) is 0 Å². The van der Waals surface area contributed by atoms with Gasteiger partial charge in [0.05, 0.1) is 0 Å². The van der Waals surface area contributed by atoms with Crippen molar-refractivity contribution in [1.29, 1.82) is 5.26 Å². The molecule has 0 bridgehead atoms. The summed E-state index contributed by atoms with van der Waals surface area (Å²) in [5.41, 5.74) is 2.85. The molecule has 0 spiro atoms. The summed E-state index contributed by atoms with van der Waals surface area (Å²) in [6, 6.07) is 12.3. The van der Waals surface area contributed by atoms with Gasteiger partial charge in [0.15, 0.2) is 5.82 Å². The van der Waals surface area contributed by atoms with Gasteiger partial charge in [-0.15, -0.1) is 0 Å². The highest BCUT2D eigenvalue weighted by molar-refractivity contribution is 5.64. The molecule has 1 heterocycles. The molecule has 0 amide bonds. The van der Waals surface area contributed by atoms with E-state index < -0.39 is 17.2 Å². The third-order valence-electron chi connectivity index (χ3n) is 6.59. The van der Waals surface area contributed by atoms with Crippen LogP contribution in [0.2, 0.25) is 0 Å². The van der Waals surface area contributed by atoms with Crippen LogP contribution in [0.15, 0.2) is 48.8 Å². The number of nitrogens with zero attached hydrogens (tertiary/aromatic N) is 3. The van der Waals surface area contributed by atoms with Crippen LogP contribution in [0, 0.1) is 28.9 Å². The summed E-state index contributed by atoms with van der Waals surface area (Å²) in [5.74, 6) is -0.0660. The first-order valence-electron chi connectivity index (χ1n) is 11.4. The highest BCUT2D eigenvalue weighted by atomic mass is 19.1. The van der Waals surface area contributed by atoms with Crippen LogP contribution in [-0.2, 0) is 0 Å². The lowest BCUT2D eigenvalue weighted by Crippen LogP contribution is -2.13. The Balaban J connectivity index is 1.44. The van der Waals surface area contributed by atoms with Crippen LogP contribution in [0.1, 0.15) is 68.9 Å². The molecule has 0 saturated heterocycles. The van der Waals surface area contributed by atoms with Crippen LogP contribution >= 0.6 is 0 Å². The zero-order valence-electron chi connectivity index (χ0n) is 18.3. The molecule has 1 aliphatic rings. The molecule has 0 radical (unpaired) electrons. The normalized spacial score (nSPS) is 18.3. The van der Waals surface area contributed by atoms with Crippen molar-refractivity contribution in [2.75, 3.05) is 0 Å². The molecule has 0 atom stereocenters. The molecular weight excluding hydrogens is 404 g/mol. The minimum Gasteiger partial charge on any atom is -0.236 e. The van der Waals surface area contributed by atoms with Crippen molar-refractivity contribution in [3.8, 4) is 28.6 Å². The Hall–Kier alpha value is -3.13. The second-order valence-electron chi connectivity index (χ2n) is 8.70. The third kappa shape index (κ3) is 4.85. The number of hydrogen-bond acceptors (Lipinski definition) is 3. The number of hydrogen-bond donors (Lipinski definition) is 0. The van der Waals surface area contributed by atoms with E-state index in [0.29, 0.717) is 5.92 Å². The Morgan fingerprint density at radius 2 is 1.53 bits per heavy atom. The monoisotopic (exact) mass is 431 g/mol. The lowest BCUT2D eigenvalue weighted by atomic mass is 9.77. The fourth-order valence-electron chi connectivity index (χ4n) is 4.66. The Kier molecular flexibility index (Phi) is 6.90. The quantitative estimate of drug-likeness (QED) is 0.408. The van der Waals surface area contributed by atoms with Crippen molar-refractivity contribution in [3.05, 3.63) is 71.6 Å². The van der Waals surface area contributed by atoms with Crippen molar-refractivity contribution in [2.45, 2.75) is 57.8 Å². The Morgan fingerprint density at radius 1 is 0.906 bits per heavy atom. The highest BCUT2D eigenvalue weighted by Gasteiger charge is 2.22. The lowest BCUT2D eigenvalue weighted by molar-refractivity contribution is 0.304. The smallest absolute Gasteiger partial charge is 0.159 e. The van der Waals surface area contributed by atoms with Gasteiger partial charge in [-0.2, -0.15) is 5.26 Å². The molecule has 1 aliphatic carbocycles. The molecular formula is C27H27F2N3. The largest absolute Gasteiger partial charge is 0.236 e. The van der Waals surface area contributed by atoms with E-state index >= 15 is 0 Å². The summed E-state index contributed by atoms with van der Waals surface area (Å²) in [6.07, 6.45) is 12.5. The average Bonchev–Trinajstić information content (AvgIpc) is 2.83. The van der Waals surface area contributed by atoms with Crippen LogP contribution in [-0.4, -0.2) is 9.97 Å². The number of halogens is 2. The van der Waals surface area contributed by atoms with E-state index in [0.717, 1.165) is 29.2 Å². The van der Waals surface area contributed by atoms with Gasteiger partial charge in [-0.25, -0.2) is 18.7 Å². The SMILES string of the molecule is CCCCC1CCC(c2ccc(-c3cnc(-c4cc(F)c(C#N)c(F)c4)nc3)cc2)CC1. The molecule has 1 saturated carbocycles. The molecule has 0 N–H and O–H groups in total. The highest BCUT2D eigenvalue weighted by Crippen LogP contribution is 2.38. The Bertz CT molecular complexity index is 1070. The summed E-state index contributed by atoms with van der Waals surface area (Å²) in [7, 11) is 0. The van der Waals surface area contributed by atoms with Crippen LogP contribution in [0.4, 0.5) is 8.78 Å². The van der Waals surface area contributed by atoms with Crippen LogP contribution < -0.4 is 0 Å². The zero-order valence-corrected chi connectivity index (χ0v) is 18.3. The maximum Gasteiger partial charge on any atom is 0.159 e. The summed E-state index contributed by atoms with van der Waals surface area (Å²) in [6.45, 7) is 2.26. The van der Waals surface area contributed by atoms with E-state index in [1.54, 1.807) is 12.4 Å². The maximum atomic E-state index is 13.9. The second kappa shape index (κ2) is 9.99. The van der Waals surface area contributed by atoms with E-state index in [4.69, 9.17) is 5.26 Å². The minimum absolute atomic E-state index is 0.204. The van der Waals surface area contributed by atoms with Gasteiger partial charge in [0.1, 0.15) is 23.3 Å². The number of rotatable bonds is 6. The molecule has 1 aromatic heterocycles. The molecule has 5 heteroatoms. The third-order valence-corrected chi connectivity index (χ3v) is 6.59. The molecule has 0 unspecified atom stereocenters. The first-order chi connectivity index (χ1) is 15.6. The molecule has 3 aromatic rings. The average molecular weight is 432 g/mol. The maximum absolute atomic E-state index is 13.9. The predicted octanol–water partition coefficient (Wildman–Crippen LogP) is 7.42. The molecule has 1 fully saturated rings. The molecule has 0 aliphatic heterocycles. The van der Waals surface area contributed by atoms with Gasteiger partial charge in [-0.05, 0) is 60.8 Å². The van der Waals surface area contributed by atoms with E-state index in [1.165, 1.54) is 56.6 Å². The van der Waals surface area contributed by atoms with E-state index in [1.807, 2.05) is 0 Å². The summed E-state index contributed by atoms with van der Waals surface area (Å²) in [4.78, 5) is 8.56. The molecule has 32 heavy (non-hydrogen) atoms. The van der Waals surface area contributed by atoms with Gasteiger partial charge in [-0.1, -0.05) is 50.5 Å². The van der Waals surface area contributed by atoms with Crippen molar-refractivity contribution in [1.82, 2.24) is 9.97 Å². The first kappa shape index (κ1) is 22.1. The van der Waals surface area contributed by atoms with Crippen LogP contribution in [0.5, 0.6) is 0 Å². The van der Waals surface area contributed by atoms with Crippen molar-refractivity contribution in [2.24, 2.45) is 5.92 Å². The molecule has 2 aromatic carbocycles. The van der Waals surface area contributed by atoms with Crippen molar-refractivity contribution >= 4 is 0 Å². The van der Waals surface area contributed by atoms with E-state index in [-0.39, 0.29) is 11.4 Å². The summed E-state index contributed by atoms with van der Waals surface area (Å²) in [5, 5.41) is 8.81. The number of nitriles is 1. The zero-order chi connectivity index (χ0) is 22.5. The van der Waals surface area contributed by atoms with Gasteiger partial charge in [-0.3, -0.25) is 0 Å². The number of benzene rings is 2. The summed E-state index contributed by atoms with van der Waals surface area (Å²) >= 11 is 0. The number of unbranched alkanes of at least 4 members (excludes halogenated alkanes) is 1. The van der Waals surface area contributed by atoms with Gasteiger partial charge < -0.3 is 0 Å². The Labute approximate surface area is 188 Å². The fraction of sp³-hybridized carbons (Fsp3) is 0.370. The Morgan fingerprint density at radius 3 is 2.09 bits per heavy atom. The van der Waals surface area contributed by atoms with Gasteiger partial charge >= 0.3 is 0 Å². The molecule has 164 valence electrons. The molecule has 3 nitrogen and oxygen atoms in total. The van der Waals surface area contributed by atoms with E-state index in [2.05, 4.69) is 41.2 Å². The predicted molar refractivity (Wildman–Crippen MR) is 122 cm³/mol. The standard InChI is InChI=1S/C27H27F2N3/c1-2-3-4-18-5-7-19(8-6-18)20-9-11-21(12-10-20)23-16-31-27(32-17-23)22-13-25(28)24(15-30)26(29)14-22/h9-14,16-19H,2-8H2,1H3. The van der Waals surface area contributed by atoms with Gasteiger partial charge in [0, 0.05) is 23.5 Å². The first-order valence-corrected chi connectivity index (χ1v) is 11.4. The van der Waals surface area contributed by atoms with Crippen molar-refractivity contribution < 1.29 is 8.78 Å². The van der Waals surface area contributed by atoms with Crippen LogP contribution in [0.3, 0.4) is 0 Å². The molecule has 4 rings (SSSR count). The van der Waals surface area contributed by atoms with E-state index in [9.17, 15) is 8.78 Å². The lowest BCUT2D eigenvalue weighted by Gasteiger charge is -2.29. The topological polar surface area (TPSA) is 49.6 Å². The summed E-state index contributed by atoms with van der Waals surface area (Å²) < 4.78 is 27.8.